The highest BCUT2D eigenvalue weighted by molar-refractivity contribution is 5.79. The second-order valence-corrected chi connectivity index (χ2v) is 4.07. The summed E-state index contributed by atoms with van der Waals surface area (Å²) >= 11 is 0. The van der Waals surface area contributed by atoms with E-state index in [1.54, 1.807) is 0 Å². The zero-order valence-corrected chi connectivity index (χ0v) is 11.3. The molecule has 0 aromatic rings. The van der Waals surface area contributed by atoms with E-state index >= 15 is 0 Å². The molecule has 0 aliphatic heterocycles. The largest absolute Gasteiger partial charge is 0.342 e. The molecule has 3 N–H and O–H groups in total. The number of guanidine groups is 1. The van der Waals surface area contributed by atoms with E-state index in [2.05, 4.69) is 43.0 Å². The predicted octanol–water partition coefficient (Wildman–Crippen LogP) is 1.97. The average Bonchev–Trinajstić information content (AvgIpc) is 2.33. The Labute approximate surface area is 100 Å². The number of hydrazine groups is 1. The van der Waals surface area contributed by atoms with Crippen LogP contribution in [0.1, 0.15) is 47.0 Å². The summed E-state index contributed by atoms with van der Waals surface area (Å²) in [6.07, 6.45) is 3.46. The monoisotopic (exact) mass is 228 g/mol. The number of nitrogens with zero attached hydrogens (tertiary/aromatic N) is 2. The second kappa shape index (κ2) is 9.46. The lowest BCUT2D eigenvalue weighted by Crippen LogP contribution is -2.46. The molecule has 0 aliphatic rings. The summed E-state index contributed by atoms with van der Waals surface area (Å²) in [6.45, 7) is 11.6. The maximum Gasteiger partial charge on any atom is 0.208 e. The van der Waals surface area contributed by atoms with E-state index in [9.17, 15) is 0 Å². The summed E-state index contributed by atoms with van der Waals surface area (Å²) in [6, 6.07) is 0. The predicted molar refractivity (Wildman–Crippen MR) is 71.2 cm³/mol. The Bertz CT molecular complexity index is 187. The van der Waals surface area contributed by atoms with Crippen LogP contribution in [0.4, 0.5) is 0 Å². The van der Waals surface area contributed by atoms with Crippen molar-refractivity contribution in [3.8, 4) is 0 Å². The highest BCUT2D eigenvalue weighted by Crippen LogP contribution is 2.09. The molecule has 16 heavy (non-hydrogen) atoms. The fourth-order valence-corrected chi connectivity index (χ4v) is 1.68. The van der Waals surface area contributed by atoms with Gasteiger partial charge in [0, 0.05) is 19.6 Å². The van der Waals surface area contributed by atoms with Crippen molar-refractivity contribution in [1.82, 2.24) is 10.3 Å². The van der Waals surface area contributed by atoms with Crippen LogP contribution in [0.3, 0.4) is 0 Å². The Morgan fingerprint density at radius 1 is 1.25 bits per heavy atom. The zero-order chi connectivity index (χ0) is 12.4. The molecule has 0 saturated heterocycles. The Morgan fingerprint density at radius 2 is 1.88 bits per heavy atom. The molecule has 0 amide bonds. The van der Waals surface area contributed by atoms with Gasteiger partial charge in [0.25, 0.3) is 0 Å². The van der Waals surface area contributed by atoms with Crippen LogP contribution in [0.25, 0.3) is 0 Å². The van der Waals surface area contributed by atoms with Gasteiger partial charge in [-0.15, -0.1) is 0 Å². The molecule has 0 aliphatic carbocycles. The van der Waals surface area contributed by atoms with Crippen molar-refractivity contribution >= 4 is 5.96 Å². The van der Waals surface area contributed by atoms with Crippen molar-refractivity contribution in [2.75, 3.05) is 19.6 Å². The maximum atomic E-state index is 5.53. The van der Waals surface area contributed by atoms with Crippen molar-refractivity contribution < 1.29 is 0 Å². The van der Waals surface area contributed by atoms with Crippen molar-refractivity contribution in [3.05, 3.63) is 0 Å². The molecule has 0 rings (SSSR count). The summed E-state index contributed by atoms with van der Waals surface area (Å²) in [5, 5.41) is 0. The second-order valence-electron chi connectivity index (χ2n) is 4.07. The third-order valence-corrected chi connectivity index (χ3v) is 2.93. The minimum absolute atomic E-state index is 0.722. The maximum absolute atomic E-state index is 5.53. The first-order chi connectivity index (χ1) is 7.73. The fraction of sp³-hybridized carbons (Fsp3) is 0.917. The smallest absolute Gasteiger partial charge is 0.208 e. The zero-order valence-electron chi connectivity index (χ0n) is 11.3. The first kappa shape index (κ1) is 15.2. The van der Waals surface area contributed by atoms with Gasteiger partial charge in [-0.1, -0.05) is 33.6 Å². The van der Waals surface area contributed by atoms with E-state index in [4.69, 9.17) is 5.84 Å². The number of aliphatic imine (C=N–C) groups is 1. The van der Waals surface area contributed by atoms with Gasteiger partial charge in [-0.05, 0) is 19.3 Å². The fourth-order valence-electron chi connectivity index (χ4n) is 1.68. The highest BCUT2D eigenvalue weighted by atomic mass is 15.4. The third kappa shape index (κ3) is 5.35. The van der Waals surface area contributed by atoms with Crippen LogP contribution >= 0.6 is 0 Å². The first-order valence-corrected chi connectivity index (χ1v) is 6.49. The Morgan fingerprint density at radius 3 is 2.25 bits per heavy atom. The number of nitrogens with one attached hydrogen (secondary N) is 1. The van der Waals surface area contributed by atoms with Crippen LogP contribution < -0.4 is 11.3 Å². The molecule has 96 valence electrons. The van der Waals surface area contributed by atoms with Crippen molar-refractivity contribution in [2.45, 2.75) is 47.0 Å². The normalized spacial score (nSPS) is 12.0. The SMILES string of the molecule is CCCN=C(NN)N(CC)CC(CC)CC. The van der Waals surface area contributed by atoms with Crippen molar-refractivity contribution in [1.29, 1.82) is 0 Å². The lowest BCUT2D eigenvalue weighted by Gasteiger charge is -2.27. The van der Waals surface area contributed by atoms with Gasteiger partial charge in [-0.3, -0.25) is 10.4 Å². The Kier molecular flexibility index (Phi) is 9.00. The molecule has 0 unspecified atom stereocenters. The average molecular weight is 228 g/mol. The lowest BCUT2D eigenvalue weighted by atomic mass is 10.0. The molecule has 0 aromatic heterocycles. The van der Waals surface area contributed by atoms with Crippen molar-refractivity contribution in [3.63, 3.8) is 0 Å². The number of nitrogens with two attached hydrogens (primary N) is 1. The Balaban J connectivity index is 4.42. The van der Waals surface area contributed by atoms with Gasteiger partial charge in [0.15, 0.2) is 0 Å². The van der Waals surface area contributed by atoms with Crippen LogP contribution in [0.15, 0.2) is 4.99 Å². The van der Waals surface area contributed by atoms with Gasteiger partial charge in [-0.25, -0.2) is 5.84 Å². The van der Waals surface area contributed by atoms with E-state index in [0.29, 0.717) is 0 Å². The summed E-state index contributed by atoms with van der Waals surface area (Å²) in [5.74, 6) is 7.08. The summed E-state index contributed by atoms with van der Waals surface area (Å²) in [7, 11) is 0. The topological polar surface area (TPSA) is 53.6 Å². The molecular weight excluding hydrogens is 200 g/mol. The molecule has 0 atom stereocenters. The van der Waals surface area contributed by atoms with Crippen LogP contribution in [-0.2, 0) is 0 Å². The third-order valence-electron chi connectivity index (χ3n) is 2.93. The minimum Gasteiger partial charge on any atom is -0.342 e. The van der Waals surface area contributed by atoms with E-state index in [1.165, 1.54) is 12.8 Å². The van der Waals surface area contributed by atoms with Gasteiger partial charge in [0.2, 0.25) is 5.96 Å². The van der Waals surface area contributed by atoms with Crippen LogP contribution in [0, 0.1) is 5.92 Å². The van der Waals surface area contributed by atoms with Gasteiger partial charge in [-0.2, -0.15) is 0 Å². The van der Waals surface area contributed by atoms with Crippen LogP contribution in [0.2, 0.25) is 0 Å². The molecule has 4 heteroatoms. The van der Waals surface area contributed by atoms with Crippen LogP contribution in [-0.4, -0.2) is 30.5 Å². The number of rotatable bonds is 7. The van der Waals surface area contributed by atoms with Gasteiger partial charge in [0.05, 0.1) is 0 Å². The molecule has 0 radical (unpaired) electrons. The molecule has 4 nitrogen and oxygen atoms in total. The highest BCUT2D eigenvalue weighted by Gasteiger charge is 2.12. The number of hydrogen-bond donors (Lipinski definition) is 2. The molecule has 0 heterocycles. The lowest BCUT2D eigenvalue weighted by molar-refractivity contribution is 0.326. The summed E-state index contributed by atoms with van der Waals surface area (Å²) in [4.78, 5) is 6.69. The van der Waals surface area contributed by atoms with Gasteiger partial charge in [0.1, 0.15) is 0 Å². The summed E-state index contributed by atoms with van der Waals surface area (Å²) in [5.41, 5.74) is 2.72. The quantitative estimate of drug-likeness (QED) is 0.303. The van der Waals surface area contributed by atoms with E-state index in [0.717, 1.165) is 37.9 Å². The summed E-state index contributed by atoms with van der Waals surface area (Å²) < 4.78 is 0. The minimum atomic E-state index is 0.722. The first-order valence-electron chi connectivity index (χ1n) is 6.49. The van der Waals surface area contributed by atoms with E-state index in [1.807, 2.05) is 0 Å². The van der Waals surface area contributed by atoms with E-state index < -0.39 is 0 Å². The van der Waals surface area contributed by atoms with Gasteiger partial charge >= 0.3 is 0 Å². The molecule has 0 saturated carbocycles. The molecule has 0 aromatic carbocycles. The standard InChI is InChI=1S/C12H28N4/c1-5-9-14-12(15-13)16(8-4)10-11(6-2)7-3/h11H,5-10,13H2,1-4H3,(H,14,15). The van der Waals surface area contributed by atoms with E-state index in [-0.39, 0.29) is 0 Å². The molecule has 0 bridgehead atoms. The molecule has 0 spiro atoms. The molecule has 0 fully saturated rings. The Hall–Kier alpha value is -0.770. The molecular formula is C12H28N4. The number of hydrogen-bond acceptors (Lipinski definition) is 2. The van der Waals surface area contributed by atoms with Crippen LogP contribution in [0.5, 0.6) is 0 Å². The van der Waals surface area contributed by atoms with Gasteiger partial charge < -0.3 is 4.90 Å². The van der Waals surface area contributed by atoms with Crippen molar-refractivity contribution in [2.24, 2.45) is 16.8 Å².